The highest BCUT2D eigenvalue weighted by Gasteiger charge is 2.21. The molecule has 2 heterocycles. The van der Waals surface area contributed by atoms with E-state index in [-0.39, 0.29) is 5.91 Å². The summed E-state index contributed by atoms with van der Waals surface area (Å²) in [5.74, 6) is -0.166. The number of aromatic nitrogens is 3. The predicted molar refractivity (Wildman–Crippen MR) is 125 cm³/mol. The first-order valence-electron chi connectivity index (χ1n) is 10.6. The summed E-state index contributed by atoms with van der Waals surface area (Å²) in [6.07, 6.45) is 6.28. The molecule has 0 saturated carbocycles. The first kappa shape index (κ1) is 19.7. The molecule has 156 valence electrons. The van der Waals surface area contributed by atoms with Crippen LogP contribution in [0.3, 0.4) is 0 Å². The molecule has 5 rings (SSSR count). The lowest BCUT2D eigenvalue weighted by atomic mass is 10.0. The van der Waals surface area contributed by atoms with Crippen LogP contribution in [-0.4, -0.2) is 20.7 Å². The molecule has 0 atom stereocenters. The number of carbonyl (C=O) groups is 1. The number of aryl methyl sites for hydroxylation is 3. The van der Waals surface area contributed by atoms with Crippen LogP contribution >= 0.6 is 11.3 Å². The summed E-state index contributed by atoms with van der Waals surface area (Å²) in [6, 6.07) is 18.3. The molecule has 6 heteroatoms. The average molecular weight is 429 g/mol. The molecule has 2 aromatic carbocycles. The van der Waals surface area contributed by atoms with Gasteiger partial charge in [0.15, 0.2) is 5.13 Å². The van der Waals surface area contributed by atoms with Gasteiger partial charge in [0.25, 0.3) is 5.91 Å². The quantitative estimate of drug-likeness (QED) is 0.457. The highest BCUT2D eigenvalue weighted by atomic mass is 32.1. The van der Waals surface area contributed by atoms with Crippen molar-refractivity contribution in [3.8, 4) is 11.3 Å². The van der Waals surface area contributed by atoms with Crippen LogP contribution in [0.4, 0.5) is 5.13 Å². The zero-order valence-electron chi connectivity index (χ0n) is 17.5. The van der Waals surface area contributed by atoms with Gasteiger partial charge in [-0.15, -0.1) is 11.3 Å². The molecule has 31 heavy (non-hydrogen) atoms. The van der Waals surface area contributed by atoms with Gasteiger partial charge >= 0.3 is 0 Å². The second-order valence-corrected chi connectivity index (χ2v) is 9.07. The third-order valence-electron chi connectivity index (χ3n) is 5.58. The van der Waals surface area contributed by atoms with Gasteiger partial charge in [0.1, 0.15) is 5.69 Å². The molecule has 1 N–H and O–H groups in total. The molecule has 0 fully saturated rings. The summed E-state index contributed by atoms with van der Waals surface area (Å²) in [5.41, 5.74) is 5.64. The number of thiazole rings is 1. The van der Waals surface area contributed by atoms with E-state index in [4.69, 9.17) is 5.10 Å². The number of benzene rings is 2. The lowest BCUT2D eigenvalue weighted by molar-refractivity contribution is 0.102. The van der Waals surface area contributed by atoms with E-state index in [1.54, 1.807) is 11.3 Å². The van der Waals surface area contributed by atoms with E-state index in [0.717, 1.165) is 29.7 Å². The van der Waals surface area contributed by atoms with Gasteiger partial charge in [-0.3, -0.25) is 14.8 Å². The Balaban J connectivity index is 1.47. The zero-order valence-corrected chi connectivity index (χ0v) is 18.3. The zero-order chi connectivity index (χ0) is 21.2. The number of fused-ring (bicyclic) bond motifs is 1. The van der Waals surface area contributed by atoms with Crippen LogP contribution in [0.25, 0.3) is 11.3 Å². The fourth-order valence-corrected chi connectivity index (χ4v) is 4.98. The molecule has 2 aromatic heterocycles. The first-order chi connectivity index (χ1) is 15.2. The van der Waals surface area contributed by atoms with Crippen molar-refractivity contribution in [3.05, 3.63) is 88.1 Å². The summed E-state index contributed by atoms with van der Waals surface area (Å²) < 4.78 is 1.84. The molecule has 0 radical (unpaired) electrons. The van der Waals surface area contributed by atoms with Crippen LogP contribution in [-0.2, 0) is 19.4 Å². The van der Waals surface area contributed by atoms with Crippen molar-refractivity contribution in [2.45, 2.75) is 39.2 Å². The van der Waals surface area contributed by atoms with E-state index < -0.39 is 0 Å². The van der Waals surface area contributed by atoms with Crippen molar-refractivity contribution in [2.24, 2.45) is 0 Å². The molecule has 4 aromatic rings. The summed E-state index contributed by atoms with van der Waals surface area (Å²) in [5, 5.41) is 8.48. The van der Waals surface area contributed by atoms with Crippen LogP contribution < -0.4 is 5.32 Å². The Kier molecular flexibility index (Phi) is 5.38. The molecule has 0 aliphatic heterocycles. The van der Waals surface area contributed by atoms with Crippen molar-refractivity contribution in [1.82, 2.24) is 14.8 Å². The summed E-state index contributed by atoms with van der Waals surface area (Å²) in [6.45, 7) is 2.66. The van der Waals surface area contributed by atoms with Crippen molar-refractivity contribution in [3.63, 3.8) is 0 Å². The molecule has 0 bridgehead atoms. The fraction of sp³-hybridized carbons (Fsp3) is 0.240. The van der Waals surface area contributed by atoms with Gasteiger partial charge in [-0.2, -0.15) is 5.10 Å². The van der Waals surface area contributed by atoms with Gasteiger partial charge in [0.05, 0.1) is 17.8 Å². The Morgan fingerprint density at radius 1 is 1.06 bits per heavy atom. The number of amides is 1. The average Bonchev–Trinajstić information content (AvgIpc) is 3.38. The minimum atomic E-state index is -0.166. The third-order valence-corrected chi connectivity index (χ3v) is 6.66. The molecule has 0 unspecified atom stereocenters. The number of hydrogen-bond donors (Lipinski definition) is 1. The Morgan fingerprint density at radius 3 is 2.61 bits per heavy atom. The number of nitrogens with one attached hydrogen (secondary N) is 1. The van der Waals surface area contributed by atoms with E-state index in [2.05, 4.69) is 29.4 Å². The Hall–Kier alpha value is -3.25. The maximum atomic E-state index is 13.3. The normalized spacial score (nSPS) is 13.1. The third kappa shape index (κ3) is 4.30. The monoisotopic (exact) mass is 428 g/mol. The number of carbonyl (C=O) groups excluding carboxylic acids is 1. The minimum absolute atomic E-state index is 0.166. The summed E-state index contributed by atoms with van der Waals surface area (Å²) in [4.78, 5) is 19.2. The molecular formula is C25H24N4OS. The molecule has 5 nitrogen and oxygen atoms in total. The second kappa shape index (κ2) is 8.47. The van der Waals surface area contributed by atoms with Gasteiger partial charge in [-0.1, -0.05) is 60.2 Å². The van der Waals surface area contributed by atoms with Crippen LogP contribution in [0, 0.1) is 6.92 Å². The predicted octanol–water partition coefficient (Wildman–Crippen LogP) is 5.49. The highest BCUT2D eigenvalue weighted by molar-refractivity contribution is 7.15. The van der Waals surface area contributed by atoms with E-state index in [1.165, 1.54) is 23.3 Å². The smallest absolute Gasteiger partial charge is 0.261 e. The maximum absolute atomic E-state index is 13.3. The van der Waals surface area contributed by atoms with Crippen molar-refractivity contribution in [2.75, 3.05) is 5.32 Å². The van der Waals surface area contributed by atoms with Gasteiger partial charge in [-0.05, 0) is 38.2 Å². The van der Waals surface area contributed by atoms with Crippen molar-refractivity contribution >= 4 is 22.4 Å². The summed E-state index contributed by atoms with van der Waals surface area (Å²) in [7, 11) is 0. The molecule has 0 spiro atoms. The molecule has 1 aliphatic carbocycles. The Morgan fingerprint density at radius 2 is 1.84 bits per heavy atom. The SMILES string of the molecule is Cc1ccc(-c2nn(Cc3ccccc3)cc2C(=O)Nc2nc3c(s2)CCCC3)cc1. The van der Waals surface area contributed by atoms with Gasteiger partial charge in [-0.25, -0.2) is 4.98 Å². The van der Waals surface area contributed by atoms with Crippen LogP contribution in [0.1, 0.15) is 44.9 Å². The number of nitrogens with zero attached hydrogens (tertiary/aromatic N) is 3. The van der Waals surface area contributed by atoms with Crippen LogP contribution in [0.2, 0.25) is 0 Å². The largest absolute Gasteiger partial charge is 0.298 e. The van der Waals surface area contributed by atoms with E-state index in [9.17, 15) is 4.79 Å². The van der Waals surface area contributed by atoms with E-state index >= 15 is 0 Å². The van der Waals surface area contributed by atoms with Gasteiger partial charge in [0, 0.05) is 16.6 Å². The van der Waals surface area contributed by atoms with E-state index in [0.29, 0.717) is 22.9 Å². The van der Waals surface area contributed by atoms with Gasteiger partial charge in [0.2, 0.25) is 0 Å². The van der Waals surface area contributed by atoms with Gasteiger partial charge < -0.3 is 0 Å². The van der Waals surface area contributed by atoms with E-state index in [1.807, 2.05) is 53.3 Å². The van der Waals surface area contributed by atoms with Crippen LogP contribution in [0.5, 0.6) is 0 Å². The Labute approximate surface area is 185 Å². The standard InChI is InChI=1S/C25H24N4OS/c1-17-11-13-19(14-12-17)23-20(16-29(28-23)15-18-7-3-2-4-8-18)24(30)27-25-26-21-9-5-6-10-22(21)31-25/h2-4,7-8,11-14,16H,5-6,9-10,15H2,1H3,(H,26,27,30). The van der Waals surface area contributed by atoms with Crippen molar-refractivity contribution < 1.29 is 4.79 Å². The highest BCUT2D eigenvalue weighted by Crippen LogP contribution is 2.30. The molecule has 0 saturated heterocycles. The van der Waals surface area contributed by atoms with Crippen molar-refractivity contribution in [1.29, 1.82) is 0 Å². The molecule has 1 amide bonds. The number of rotatable bonds is 5. The molecule has 1 aliphatic rings. The number of hydrogen-bond acceptors (Lipinski definition) is 4. The number of anilines is 1. The fourth-order valence-electron chi connectivity index (χ4n) is 3.93. The van der Waals surface area contributed by atoms with Crippen LogP contribution in [0.15, 0.2) is 60.8 Å². The molecular weight excluding hydrogens is 404 g/mol. The maximum Gasteiger partial charge on any atom is 0.261 e. The minimum Gasteiger partial charge on any atom is -0.298 e. The topological polar surface area (TPSA) is 59.8 Å². The Bertz CT molecular complexity index is 1180. The summed E-state index contributed by atoms with van der Waals surface area (Å²) >= 11 is 1.60. The lowest BCUT2D eigenvalue weighted by Crippen LogP contribution is -2.12. The second-order valence-electron chi connectivity index (χ2n) is 7.99. The first-order valence-corrected chi connectivity index (χ1v) is 11.5. The lowest BCUT2D eigenvalue weighted by Gasteiger charge is -2.06.